The maximum Gasteiger partial charge on any atom is 0.165 e. The van der Waals surface area contributed by atoms with E-state index in [2.05, 4.69) is 18.2 Å². The summed E-state index contributed by atoms with van der Waals surface area (Å²) in [7, 11) is 0. The van der Waals surface area contributed by atoms with Crippen LogP contribution in [0.1, 0.15) is 44.9 Å². The number of ketones is 1. The molecule has 0 amide bonds. The maximum absolute atomic E-state index is 12.0. The zero-order valence-corrected chi connectivity index (χ0v) is 8.67. The molecule has 0 heterocycles. The molecule has 2 aliphatic rings. The molecule has 0 radical (unpaired) electrons. The van der Waals surface area contributed by atoms with Gasteiger partial charge in [-0.25, -0.2) is 0 Å². The second kappa shape index (κ2) is 4.59. The number of carbonyl (C=O) groups excluding carboxylic acids is 1. The first kappa shape index (κ1) is 9.70. The van der Waals surface area contributed by atoms with E-state index < -0.39 is 0 Å². The summed E-state index contributed by atoms with van der Waals surface area (Å²) in [6, 6.07) is 0. The smallest absolute Gasteiger partial charge is 0.165 e. The van der Waals surface area contributed by atoms with Crippen molar-refractivity contribution in [3.63, 3.8) is 0 Å². The van der Waals surface area contributed by atoms with Gasteiger partial charge in [-0.3, -0.25) is 4.79 Å². The highest BCUT2D eigenvalue weighted by Gasteiger charge is 2.21. The molecule has 76 valence electrons. The Kier molecular flexibility index (Phi) is 3.18. The number of hydrogen-bond acceptors (Lipinski definition) is 1. The van der Waals surface area contributed by atoms with Crippen LogP contribution in [0, 0.1) is 5.92 Å². The van der Waals surface area contributed by atoms with E-state index in [4.69, 9.17) is 0 Å². The summed E-state index contributed by atoms with van der Waals surface area (Å²) in [5.74, 6) is 0.605. The Morgan fingerprint density at radius 2 is 2.14 bits per heavy atom. The van der Waals surface area contributed by atoms with Gasteiger partial charge in [0.2, 0.25) is 0 Å². The van der Waals surface area contributed by atoms with Crippen molar-refractivity contribution in [3.8, 4) is 0 Å². The Hall–Kier alpha value is -0.850. The summed E-state index contributed by atoms with van der Waals surface area (Å²) in [6.45, 7) is 0. The van der Waals surface area contributed by atoms with E-state index in [9.17, 15) is 4.79 Å². The van der Waals surface area contributed by atoms with Gasteiger partial charge in [0, 0.05) is 5.92 Å². The van der Waals surface area contributed by atoms with Gasteiger partial charge >= 0.3 is 0 Å². The zero-order chi connectivity index (χ0) is 9.80. The molecule has 0 aromatic rings. The second-order valence-electron chi connectivity index (χ2n) is 4.30. The van der Waals surface area contributed by atoms with Gasteiger partial charge in [-0.2, -0.15) is 0 Å². The predicted molar refractivity (Wildman–Crippen MR) is 58.0 cm³/mol. The monoisotopic (exact) mass is 190 g/mol. The number of allylic oxidation sites excluding steroid dienone is 4. The van der Waals surface area contributed by atoms with Crippen molar-refractivity contribution in [3.05, 3.63) is 23.8 Å². The molecule has 0 saturated carbocycles. The zero-order valence-electron chi connectivity index (χ0n) is 8.67. The van der Waals surface area contributed by atoms with Gasteiger partial charge in [0.15, 0.2) is 5.78 Å². The number of hydrogen-bond donors (Lipinski definition) is 0. The lowest BCUT2D eigenvalue weighted by atomic mass is 9.85. The van der Waals surface area contributed by atoms with Crippen molar-refractivity contribution >= 4 is 5.78 Å². The van der Waals surface area contributed by atoms with Crippen LogP contribution in [0.3, 0.4) is 0 Å². The standard InChI is InChI=1S/C13H18O/c14-13(11-7-3-1-4-8-11)12-9-5-2-6-10-12/h3,7,9,11H,1-2,4-6,8,10H2. The second-order valence-corrected chi connectivity index (χ2v) is 4.30. The quantitative estimate of drug-likeness (QED) is 0.610. The Balaban J connectivity index is 2.02. The molecule has 0 aromatic carbocycles. The van der Waals surface area contributed by atoms with Crippen LogP contribution >= 0.6 is 0 Å². The van der Waals surface area contributed by atoms with Crippen LogP contribution in [0.2, 0.25) is 0 Å². The Morgan fingerprint density at radius 3 is 2.79 bits per heavy atom. The third-order valence-electron chi connectivity index (χ3n) is 3.20. The molecule has 0 saturated heterocycles. The van der Waals surface area contributed by atoms with E-state index in [-0.39, 0.29) is 5.92 Å². The maximum atomic E-state index is 12.0. The van der Waals surface area contributed by atoms with Crippen molar-refractivity contribution in [2.75, 3.05) is 0 Å². The van der Waals surface area contributed by atoms with Gasteiger partial charge < -0.3 is 0 Å². The summed E-state index contributed by atoms with van der Waals surface area (Å²) in [4.78, 5) is 12.0. The molecule has 0 fully saturated rings. The van der Waals surface area contributed by atoms with Crippen LogP contribution in [0.4, 0.5) is 0 Å². The average molecular weight is 190 g/mol. The Labute approximate surface area is 85.9 Å². The van der Waals surface area contributed by atoms with Crippen molar-refractivity contribution in [2.45, 2.75) is 44.9 Å². The Bertz CT molecular complexity index is 273. The molecular weight excluding hydrogens is 172 g/mol. The highest BCUT2D eigenvalue weighted by atomic mass is 16.1. The van der Waals surface area contributed by atoms with E-state index in [1.54, 1.807) is 0 Å². The van der Waals surface area contributed by atoms with Gasteiger partial charge in [-0.1, -0.05) is 18.2 Å². The summed E-state index contributed by atoms with van der Waals surface area (Å²) in [5.41, 5.74) is 1.10. The van der Waals surface area contributed by atoms with E-state index >= 15 is 0 Å². The number of rotatable bonds is 2. The van der Waals surface area contributed by atoms with Crippen LogP contribution in [0.5, 0.6) is 0 Å². The van der Waals surface area contributed by atoms with Gasteiger partial charge in [-0.05, 0) is 50.5 Å². The summed E-state index contributed by atoms with van der Waals surface area (Å²) >= 11 is 0. The van der Waals surface area contributed by atoms with Crippen LogP contribution in [0.15, 0.2) is 23.8 Å². The summed E-state index contributed by atoms with van der Waals surface area (Å²) < 4.78 is 0. The van der Waals surface area contributed by atoms with Crippen LogP contribution in [-0.2, 0) is 4.79 Å². The fourth-order valence-electron chi connectivity index (χ4n) is 2.33. The first-order valence-electron chi connectivity index (χ1n) is 5.78. The molecule has 14 heavy (non-hydrogen) atoms. The van der Waals surface area contributed by atoms with Crippen LogP contribution < -0.4 is 0 Å². The normalized spacial score (nSPS) is 27.1. The van der Waals surface area contributed by atoms with E-state index in [0.717, 1.165) is 31.3 Å². The largest absolute Gasteiger partial charge is 0.294 e. The van der Waals surface area contributed by atoms with Crippen molar-refractivity contribution in [1.82, 2.24) is 0 Å². The minimum Gasteiger partial charge on any atom is -0.294 e. The average Bonchev–Trinajstić information content (AvgIpc) is 2.30. The Morgan fingerprint density at radius 1 is 1.21 bits per heavy atom. The lowest BCUT2D eigenvalue weighted by Crippen LogP contribution is -2.17. The highest BCUT2D eigenvalue weighted by molar-refractivity contribution is 5.98. The van der Waals surface area contributed by atoms with E-state index in [1.807, 2.05) is 0 Å². The summed E-state index contributed by atoms with van der Waals surface area (Å²) in [5, 5.41) is 0. The lowest BCUT2D eigenvalue weighted by Gasteiger charge is -2.18. The minimum absolute atomic E-state index is 0.202. The third kappa shape index (κ3) is 2.14. The summed E-state index contributed by atoms with van der Waals surface area (Å²) in [6.07, 6.45) is 14.4. The molecule has 0 N–H and O–H groups in total. The molecule has 1 heteroatoms. The van der Waals surface area contributed by atoms with Gasteiger partial charge in [0.1, 0.15) is 0 Å². The molecular formula is C13H18O. The SMILES string of the molecule is O=C(C1=CCCCC1)C1C=CCCC1. The first-order chi connectivity index (χ1) is 6.88. The van der Waals surface area contributed by atoms with E-state index in [0.29, 0.717) is 5.78 Å². The van der Waals surface area contributed by atoms with Crippen molar-refractivity contribution < 1.29 is 4.79 Å². The van der Waals surface area contributed by atoms with E-state index in [1.165, 1.54) is 19.3 Å². The molecule has 1 atom stereocenters. The first-order valence-corrected chi connectivity index (χ1v) is 5.78. The number of carbonyl (C=O) groups is 1. The van der Waals surface area contributed by atoms with Gasteiger partial charge in [0.25, 0.3) is 0 Å². The minimum atomic E-state index is 0.202. The van der Waals surface area contributed by atoms with Gasteiger partial charge in [-0.15, -0.1) is 0 Å². The van der Waals surface area contributed by atoms with Crippen molar-refractivity contribution in [1.29, 1.82) is 0 Å². The highest BCUT2D eigenvalue weighted by Crippen LogP contribution is 2.26. The molecule has 0 aliphatic heterocycles. The van der Waals surface area contributed by atoms with Crippen LogP contribution in [-0.4, -0.2) is 5.78 Å². The molecule has 1 nitrogen and oxygen atoms in total. The van der Waals surface area contributed by atoms with Crippen LogP contribution in [0.25, 0.3) is 0 Å². The molecule has 0 aromatic heterocycles. The molecule has 0 spiro atoms. The lowest BCUT2D eigenvalue weighted by molar-refractivity contribution is -0.118. The molecule has 0 bridgehead atoms. The van der Waals surface area contributed by atoms with Crippen molar-refractivity contribution in [2.24, 2.45) is 5.92 Å². The van der Waals surface area contributed by atoms with Gasteiger partial charge in [0.05, 0.1) is 0 Å². The third-order valence-corrected chi connectivity index (χ3v) is 3.20. The molecule has 1 unspecified atom stereocenters. The topological polar surface area (TPSA) is 17.1 Å². The molecule has 2 rings (SSSR count). The predicted octanol–water partition coefficient (Wildman–Crippen LogP) is 3.41. The fraction of sp³-hybridized carbons (Fsp3) is 0.615. The fourth-order valence-corrected chi connectivity index (χ4v) is 2.33. The molecule has 2 aliphatic carbocycles. The number of Topliss-reactive ketones (excluding diaryl/α,β-unsaturated/α-hetero) is 1.